The maximum atomic E-state index is 13.0. The largest absolute Gasteiger partial charge is 0.417 e. The Balaban J connectivity index is 1.96. The van der Waals surface area contributed by atoms with Gasteiger partial charge in [0.05, 0.1) is 5.56 Å². The van der Waals surface area contributed by atoms with Crippen LogP contribution >= 0.6 is 15.9 Å². The van der Waals surface area contributed by atoms with Gasteiger partial charge in [0, 0.05) is 28.9 Å². The first-order valence-electron chi connectivity index (χ1n) is 6.34. The molecule has 21 heavy (non-hydrogen) atoms. The van der Waals surface area contributed by atoms with Gasteiger partial charge in [-0.3, -0.25) is 0 Å². The van der Waals surface area contributed by atoms with Crippen molar-refractivity contribution in [2.75, 3.05) is 10.6 Å². The van der Waals surface area contributed by atoms with E-state index in [1.54, 1.807) is 6.07 Å². The lowest BCUT2D eigenvalue weighted by Crippen LogP contribution is -2.16. The Morgan fingerprint density at radius 3 is 2.52 bits per heavy atom. The van der Waals surface area contributed by atoms with E-state index in [2.05, 4.69) is 15.9 Å². The molecule has 0 saturated carbocycles. The number of nitrogens with two attached hydrogens (primary N) is 1. The van der Waals surface area contributed by atoms with Gasteiger partial charge in [-0.1, -0.05) is 28.1 Å². The molecule has 6 heteroatoms. The van der Waals surface area contributed by atoms with Crippen molar-refractivity contribution in [2.24, 2.45) is 0 Å². The molecule has 1 aliphatic heterocycles. The molecule has 0 fully saturated rings. The Kier molecular flexibility index (Phi) is 3.36. The first-order chi connectivity index (χ1) is 9.86. The molecule has 0 unspecified atom stereocenters. The summed E-state index contributed by atoms with van der Waals surface area (Å²) in [5.41, 5.74) is 8.54. The van der Waals surface area contributed by atoms with E-state index in [1.807, 2.05) is 23.1 Å². The fourth-order valence-electron chi connectivity index (χ4n) is 2.56. The molecule has 110 valence electrons. The fraction of sp³-hybridized carbons (Fsp3) is 0.200. The van der Waals surface area contributed by atoms with Gasteiger partial charge in [-0.05, 0) is 35.4 Å². The van der Waals surface area contributed by atoms with Gasteiger partial charge in [-0.2, -0.15) is 13.2 Å². The van der Waals surface area contributed by atoms with E-state index in [9.17, 15) is 13.2 Å². The normalized spacial score (nSPS) is 14.4. The average molecular weight is 357 g/mol. The van der Waals surface area contributed by atoms with Crippen molar-refractivity contribution in [2.45, 2.75) is 19.3 Å². The molecular formula is C15H12BrF3N2. The molecule has 1 heterocycles. The molecule has 0 spiro atoms. The topological polar surface area (TPSA) is 29.3 Å². The van der Waals surface area contributed by atoms with Crippen molar-refractivity contribution in [3.8, 4) is 0 Å². The number of nitrogens with zero attached hydrogens (tertiary/aromatic N) is 1. The summed E-state index contributed by atoms with van der Waals surface area (Å²) in [4.78, 5) is 1.89. The predicted octanol–water partition coefficient (Wildman–Crippen LogP) is 4.57. The Morgan fingerprint density at radius 1 is 1.10 bits per heavy atom. The second kappa shape index (κ2) is 4.94. The molecule has 2 N–H and O–H groups in total. The van der Waals surface area contributed by atoms with Gasteiger partial charge in [0.2, 0.25) is 0 Å². The number of nitrogen functional groups attached to an aromatic ring is 1. The second-order valence-corrected chi connectivity index (χ2v) is 5.86. The molecular weight excluding hydrogens is 345 g/mol. The van der Waals surface area contributed by atoms with Gasteiger partial charge in [0.15, 0.2) is 0 Å². The number of hydrogen-bond donors (Lipinski definition) is 1. The third kappa shape index (κ3) is 2.60. The molecule has 0 amide bonds. The molecule has 1 aliphatic rings. The summed E-state index contributed by atoms with van der Waals surface area (Å²) in [6.45, 7) is 1.10. The maximum absolute atomic E-state index is 13.0. The van der Waals surface area contributed by atoms with Crippen LogP contribution in [0.3, 0.4) is 0 Å². The van der Waals surface area contributed by atoms with Crippen LogP contribution in [-0.4, -0.2) is 0 Å². The lowest BCUT2D eigenvalue weighted by atomic mass is 10.1. The van der Waals surface area contributed by atoms with Gasteiger partial charge >= 0.3 is 6.18 Å². The van der Waals surface area contributed by atoms with Gasteiger partial charge in [0.1, 0.15) is 0 Å². The van der Waals surface area contributed by atoms with Crippen molar-refractivity contribution in [1.82, 2.24) is 0 Å². The molecule has 0 saturated heterocycles. The number of alkyl halides is 3. The minimum atomic E-state index is -4.37. The third-order valence-corrected chi connectivity index (χ3v) is 4.33. The Labute approximate surface area is 128 Å². The van der Waals surface area contributed by atoms with E-state index < -0.39 is 11.7 Å². The zero-order valence-corrected chi connectivity index (χ0v) is 12.5. The minimum absolute atomic E-state index is 0.0509. The van der Waals surface area contributed by atoms with E-state index in [4.69, 9.17) is 5.73 Å². The summed E-state index contributed by atoms with van der Waals surface area (Å²) >= 11 is 2.96. The fourth-order valence-corrected chi connectivity index (χ4v) is 3.03. The highest BCUT2D eigenvalue weighted by Gasteiger charge is 2.34. The second-order valence-electron chi connectivity index (χ2n) is 5.00. The van der Waals surface area contributed by atoms with Crippen LogP contribution in [-0.2, 0) is 19.3 Å². The SMILES string of the molecule is Nc1cccc2c1CN(c1ccc(Br)c(C(F)(F)F)c1)C2. The molecule has 0 aromatic heterocycles. The number of hydrogen-bond acceptors (Lipinski definition) is 2. The van der Waals surface area contributed by atoms with Crippen molar-refractivity contribution in [1.29, 1.82) is 0 Å². The highest BCUT2D eigenvalue weighted by atomic mass is 79.9. The van der Waals surface area contributed by atoms with Crippen LogP contribution in [0.1, 0.15) is 16.7 Å². The summed E-state index contributed by atoms with van der Waals surface area (Å²) in [7, 11) is 0. The molecule has 0 atom stereocenters. The first kappa shape index (κ1) is 14.3. The maximum Gasteiger partial charge on any atom is 0.417 e. The molecule has 0 radical (unpaired) electrons. The van der Waals surface area contributed by atoms with Crippen LogP contribution in [0.25, 0.3) is 0 Å². The van der Waals surface area contributed by atoms with Crippen molar-refractivity contribution in [3.05, 3.63) is 57.6 Å². The van der Waals surface area contributed by atoms with Crippen LogP contribution in [0, 0.1) is 0 Å². The third-order valence-electron chi connectivity index (χ3n) is 3.64. The Hall–Kier alpha value is -1.69. The molecule has 0 aliphatic carbocycles. The zero-order chi connectivity index (χ0) is 15.2. The van der Waals surface area contributed by atoms with Crippen LogP contribution in [0.4, 0.5) is 24.5 Å². The van der Waals surface area contributed by atoms with Crippen molar-refractivity contribution in [3.63, 3.8) is 0 Å². The molecule has 2 aromatic carbocycles. The smallest absolute Gasteiger partial charge is 0.398 e. The minimum Gasteiger partial charge on any atom is -0.398 e. The summed E-state index contributed by atoms with van der Waals surface area (Å²) in [5.74, 6) is 0. The van der Waals surface area contributed by atoms with Gasteiger partial charge < -0.3 is 10.6 Å². The highest BCUT2D eigenvalue weighted by molar-refractivity contribution is 9.10. The molecule has 2 nitrogen and oxygen atoms in total. The number of rotatable bonds is 1. The summed E-state index contributed by atoms with van der Waals surface area (Å²) in [6, 6.07) is 9.92. The monoisotopic (exact) mass is 356 g/mol. The van der Waals surface area contributed by atoms with E-state index in [0.717, 1.165) is 11.1 Å². The van der Waals surface area contributed by atoms with Crippen LogP contribution in [0.15, 0.2) is 40.9 Å². The van der Waals surface area contributed by atoms with Crippen molar-refractivity contribution >= 4 is 27.3 Å². The number of fused-ring (bicyclic) bond motifs is 1. The zero-order valence-electron chi connectivity index (χ0n) is 10.9. The van der Waals surface area contributed by atoms with E-state index in [0.29, 0.717) is 24.5 Å². The van der Waals surface area contributed by atoms with Crippen LogP contribution < -0.4 is 10.6 Å². The van der Waals surface area contributed by atoms with E-state index in [-0.39, 0.29) is 4.47 Å². The highest BCUT2D eigenvalue weighted by Crippen LogP contribution is 2.39. The number of anilines is 2. The van der Waals surface area contributed by atoms with Gasteiger partial charge in [-0.15, -0.1) is 0 Å². The molecule has 3 rings (SSSR count). The van der Waals surface area contributed by atoms with E-state index in [1.165, 1.54) is 12.1 Å². The Bertz CT molecular complexity index is 698. The summed E-state index contributed by atoms with van der Waals surface area (Å²) < 4.78 is 39.0. The number of benzene rings is 2. The summed E-state index contributed by atoms with van der Waals surface area (Å²) in [6.07, 6.45) is -4.37. The quantitative estimate of drug-likeness (QED) is 0.758. The lowest BCUT2D eigenvalue weighted by molar-refractivity contribution is -0.138. The first-order valence-corrected chi connectivity index (χ1v) is 7.13. The van der Waals surface area contributed by atoms with Crippen LogP contribution in [0.2, 0.25) is 0 Å². The van der Waals surface area contributed by atoms with Crippen molar-refractivity contribution < 1.29 is 13.2 Å². The molecule has 0 bridgehead atoms. The lowest BCUT2D eigenvalue weighted by Gasteiger charge is -2.20. The Morgan fingerprint density at radius 2 is 1.86 bits per heavy atom. The van der Waals surface area contributed by atoms with E-state index >= 15 is 0 Å². The van der Waals surface area contributed by atoms with Gasteiger partial charge in [0.25, 0.3) is 0 Å². The molecule has 2 aromatic rings. The standard InChI is InChI=1S/C15H12BrF3N2/c16-13-5-4-10(6-12(13)15(17,18)19)21-7-9-2-1-3-14(20)11(9)8-21/h1-6H,7-8,20H2. The predicted molar refractivity (Wildman–Crippen MR) is 79.9 cm³/mol. The van der Waals surface area contributed by atoms with Crippen LogP contribution in [0.5, 0.6) is 0 Å². The number of halogens is 4. The average Bonchev–Trinajstić information content (AvgIpc) is 2.83. The summed E-state index contributed by atoms with van der Waals surface area (Å²) in [5, 5.41) is 0. The van der Waals surface area contributed by atoms with Gasteiger partial charge in [-0.25, -0.2) is 0 Å².